The van der Waals surface area contributed by atoms with Gasteiger partial charge in [-0.05, 0) is 25.7 Å². The van der Waals surface area contributed by atoms with Crippen molar-refractivity contribution in [2.45, 2.75) is 45.2 Å². The van der Waals surface area contributed by atoms with Crippen LogP contribution in [0.3, 0.4) is 0 Å². The van der Waals surface area contributed by atoms with E-state index in [9.17, 15) is 0 Å². The Bertz CT molecular complexity index is 116. The first-order valence-electron chi connectivity index (χ1n) is 4.61. The second-order valence-corrected chi connectivity index (χ2v) is 3.76. The highest BCUT2D eigenvalue weighted by Gasteiger charge is 2.23. The van der Waals surface area contributed by atoms with E-state index in [2.05, 4.69) is 12.2 Å². The highest BCUT2D eigenvalue weighted by molar-refractivity contribution is 4.81. The first-order valence-corrected chi connectivity index (χ1v) is 4.61. The molecule has 2 heteroatoms. The van der Waals surface area contributed by atoms with Crippen LogP contribution in [0.4, 0.5) is 0 Å². The van der Waals surface area contributed by atoms with Gasteiger partial charge in [-0.3, -0.25) is 0 Å². The Morgan fingerprint density at radius 2 is 2.27 bits per heavy atom. The standard InChI is InChI=1S/C9H19NO/c1-7-4-3-5-9(7)10-8(2)6-11/h7-11H,3-6H2,1-2H3. The minimum Gasteiger partial charge on any atom is -0.395 e. The topological polar surface area (TPSA) is 32.3 Å². The second-order valence-electron chi connectivity index (χ2n) is 3.76. The quantitative estimate of drug-likeness (QED) is 0.644. The molecule has 0 aliphatic heterocycles. The lowest BCUT2D eigenvalue weighted by atomic mass is 10.1. The largest absolute Gasteiger partial charge is 0.395 e. The van der Waals surface area contributed by atoms with E-state index in [-0.39, 0.29) is 12.6 Å². The summed E-state index contributed by atoms with van der Waals surface area (Å²) in [5.41, 5.74) is 0. The van der Waals surface area contributed by atoms with Crippen molar-refractivity contribution < 1.29 is 5.11 Å². The van der Waals surface area contributed by atoms with Gasteiger partial charge in [-0.15, -0.1) is 0 Å². The van der Waals surface area contributed by atoms with E-state index in [0.717, 1.165) is 5.92 Å². The van der Waals surface area contributed by atoms with Crippen molar-refractivity contribution in [1.29, 1.82) is 0 Å². The van der Waals surface area contributed by atoms with Gasteiger partial charge in [-0.25, -0.2) is 0 Å². The molecule has 3 unspecified atom stereocenters. The van der Waals surface area contributed by atoms with Crippen molar-refractivity contribution in [3.05, 3.63) is 0 Å². The highest BCUT2D eigenvalue weighted by Crippen LogP contribution is 2.24. The molecule has 2 nitrogen and oxygen atoms in total. The SMILES string of the molecule is CC(CO)NC1CCCC1C. The third kappa shape index (κ3) is 2.46. The Morgan fingerprint density at radius 1 is 1.55 bits per heavy atom. The molecule has 0 aromatic rings. The number of hydrogen-bond acceptors (Lipinski definition) is 2. The average molecular weight is 157 g/mol. The summed E-state index contributed by atoms with van der Waals surface area (Å²) >= 11 is 0. The van der Waals surface area contributed by atoms with Gasteiger partial charge in [-0.1, -0.05) is 13.3 Å². The zero-order valence-electron chi connectivity index (χ0n) is 7.51. The molecular formula is C9H19NO. The van der Waals surface area contributed by atoms with Gasteiger partial charge in [0, 0.05) is 12.1 Å². The molecule has 0 spiro atoms. The van der Waals surface area contributed by atoms with Gasteiger partial charge < -0.3 is 10.4 Å². The average Bonchev–Trinajstić information content (AvgIpc) is 2.37. The normalized spacial score (nSPS) is 34.1. The number of hydrogen-bond donors (Lipinski definition) is 2. The summed E-state index contributed by atoms with van der Waals surface area (Å²) < 4.78 is 0. The maximum Gasteiger partial charge on any atom is 0.0582 e. The van der Waals surface area contributed by atoms with E-state index in [1.54, 1.807) is 0 Å². The molecule has 0 saturated heterocycles. The summed E-state index contributed by atoms with van der Waals surface area (Å²) in [5, 5.41) is 12.2. The molecule has 0 aromatic carbocycles. The summed E-state index contributed by atoms with van der Waals surface area (Å²) in [5.74, 6) is 0.795. The molecule has 1 saturated carbocycles. The van der Waals surface area contributed by atoms with Crippen LogP contribution in [-0.2, 0) is 0 Å². The van der Waals surface area contributed by atoms with Gasteiger partial charge in [-0.2, -0.15) is 0 Å². The fourth-order valence-corrected chi connectivity index (χ4v) is 1.81. The molecule has 0 amide bonds. The van der Waals surface area contributed by atoms with Crippen LogP contribution in [0.5, 0.6) is 0 Å². The predicted octanol–water partition coefficient (Wildman–Crippen LogP) is 1.15. The van der Waals surface area contributed by atoms with Crippen LogP contribution < -0.4 is 5.32 Å². The molecule has 1 fully saturated rings. The van der Waals surface area contributed by atoms with Crippen molar-refractivity contribution in [2.24, 2.45) is 5.92 Å². The first-order chi connectivity index (χ1) is 5.24. The fraction of sp³-hybridized carbons (Fsp3) is 1.00. The number of aliphatic hydroxyl groups excluding tert-OH is 1. The minimum atomic E-state index is 0.253. The molecule has 0 heterocycles. The number of rotatable bonds is 3. The summed E-state index contributed by atoms with van der Waals surface area (Å²) in [6.45, 7) is 4.57. The fourth-order valence-electron chi connectivity index (χ4n) is 1.81. The zero-order valence-corrected chi connectivity index (χ0v) is 7.51. The third-order valence-electron chi connectivity index (χ3n) is 2.63. The summed E-state index contributed by atoms with van der Waals surface area (Å²) in [4.78, 5) is 0. The van der Waals surface area contributed by atoms with E-state index < -0.39 is 0 Å². The number of aliphatic hydroxyl groups is 1. The van der Waals surface area contributed by atoms with Gasteiger partial charge >= 0.3 is 0 Å². The van der Waals surface area contributed by atoms with Gasteiger partial charge in [0.2, 0.25) is 0 Å². The van der Waals surface area contributed by atoms with Crippen LogP contribution in [-0.4, -0.2) is 23.8 Å². The van der Waals surface area contributed by atoms with Crippen LogP contribution in [0.25, 0.3) is 0 Å². The van der Waals surface area contributed by atoms with Crippen molar-refractivity contribution in [1.82, 2.24) is 5.32 Å². The summed E-state index contributed by atoms with van der Waals surface area (Å²) in [6, 6.07) is 0.915. The molecule has 11 heavy (non-hydrogen) atoms. The second kappa shape index (κ2) is 4.07. The molecule has 3 atom stereocenters. The highest BCUT2D eigenvalue weighted by atomic mass is 16.3. The summed E-state index contributed by atoms with van der Waals surface area (Å²) in [6.07, 6.45) is 3.97. The lowest BCUT2D eigenvalue weighted by Gasteiger charge is -2.21. The van der Waals surface area contributed by atoms with E-state index in [1.807, 2.05) is 6.92 Å². The predicted molar refractivity (Wildman–Crippen MR) is 46.5 cm³/mol. The maximum atomic E-state index is 8.82. The van der Waals surface area contributed by atoms with Gasteiger partial charge in [0.15, 0.2) is 0 Å². The van der Waals surface area contributed by atoms with Crippen LogP contribution in [0.2, 0.25) is 0 Å². The van der Waals surface area contributed by atoms with Crippen molar-refractivity contribution in [2.75, 3.05) is 6.61 Å². The summed E-state index contributed by atoms with van der Waals surface area (Å²) in [7, 11) is 0. The van der Waals surface area contributed by atoms with Crippen LogP contribution in [0.1, 0.15) is 33.1 Å². The van der Waals surface area contributed by atoms with Crippen LogP contribution in [0.15, 0.2) is 0 Å². The van der Waals surface area contributed by atoms with E-state index >= 15 is 0 Å². The maximum absolute atomic E-state index is 8.82. The Hall–Kier alpha value is -0.0800. The van der Waals surface area contributed by atoms with E-state index in [1.165, 1.54) is 19.3 Å². The van der Waals surface area contributed by atoms with Crippen molar-refractivity contribution in [3.8, 4) is 0 Å². The van der Waals surface area contributed by atoms with Crippen molar-refractivity contribution in [3.63, 3.8) is 0 Å². The molecule has 0 bridgehead atoms. The van der Waals surface area contributed by atoms with Crippen molar-refractivity contribution >= 4 is 0 Å². The molecule has 66 valence electrons. The third-order valence-corrected chi connectivity index (χ3v) is 2.63. The molecular weight excluding hydrogens is 138 g/mol. The molecule has 1 aliphatic rings. The Morgan fingerprint density at radius 3 is 2.73 bits per heavy atom. The lowest BCUT2D eigenvalue weighted by molar-refractivity contribution is 0.232. The smallest absolute Gasteiger partial charge is 0.0582 e. The van der Waals surface area contributed by atoms with Gasteiger partial charge in [0.05, 0.1) is 6.61 Å². The van der Waals surface area contributed by atoms with Crippen LogP contribution in [0, 0.1) is 5.92 Å². The van der Waals surface area contributed by atoms with Crippen LogP contribution >= 0.6 is 0 Å². The van der Waals surface area contributed by atoms with Gasteiger partial charge in [0.1, 0.15) is 0 Å². The molecule has 0 radical (unpaired) electrons. The first kappa shape index (κ1) is 9.01. The van der Waals surface area contributed by atoms with E-state index in [4.69, 9.17) is 5.11 Å². The van der Waals surface area contributed by atoms with Gasteiger partial charge in [0.25, 0.3) is 0 Å². The molecule has 1 rings (SSSR count). The monoisotopic (exact) mass is 157 g/mol. The van der Waals surface area contributed by atoms with E-state index in [0.29, 0.717) is 6.04 Å². The number of nitrogens with one attached hydrogen (secondary N) is 1. The minimum absolute atomic E-state index is 0.253. The molecule has 0 aromatic heterocycles. The Kier molecular flexibility index (Phi) is 3.34. The lowest BCUT2D eigenvalue weighted by Crippen LogP contribution is -2.39. The molecule has 1 aliphatic carbocycles. The Labute approximate surface area is 69.0 Å². The zero-order chi connectivity index (χ0) is 8.27. The Balaban J connectivity index is 2.24. The molecule has 2 N–H and O–H groups in total.